The van der Waals surface area contributed by atoms with Gasteiger partial charge in [-0.15, -0.1) is 0 Å². The van der Waals surface area contributed by atoms with Crippen molar-refractivity contribution in [1.29, 1.82) is 0 Å². The van der Waals surface area contributed by atoms with Gasteiger partial charge in [0.2, 0.25) is 0 Å². The highest BCUT2D eigenvalue weighted by Gasteiger charge is 2.34. The van der Waals surface area contributed by atoms with Gasteiger partial charge >= 0.3 is 5.97 Å². The maximum Gasteiger partial charge on any atom is 0.329 e. The minimum Gasteiger partial charge on any atom is -0.491 e. The number of hydrogen-bond acceptors (Lipinski definition) is 4. The summed E-state index contributed by atoms with van der Waals surface area (Å²) in [6, 6.07) is 6.04. The summed E-state index contributed by atoms with van der Waals surface area (Å²) >= 11 is 0. The number of carbonyl (C=O) groups is 1. The molecule has 0 amide bonds. The molecule has 1 aromatic carbocycles. The zero-order chi connectivity index (χ0) is 16.0. The number of esters is 1. The molecule has 1 unspecified atom stereocenters. The Kier molecular flexibility index (Phi) is 6.21. The Balaban J connectivity index is 2.77. The summed E-state index contributed by atoms with van der Waals surface area (Å²) in [7, 11) is 1.73. The zero-order valence-electron chi connectivity index (χ0n) is 13.9. The molecular formula is C17H27NO3. The molecule has 118 valence electrons. The molecule has 21 heavy (non-hydrogen) atoms. The second kappa shape index (κ2) is 7.46. The van der Waals surface area contributed by atoms with E-state index in [1.54, 1.807) is 20.9 Å². The second-order valence-corrected chi connectivity index (χ2v) is 5.76. The van der Waals surface area contributed by atoms with E-state index in [9.17, 15) is 4.79 Å². The number of ether oxygens (including phenoxy) is 2. The van der Waals surface area contributed by atoms with Crippen LogP contribution in [0.3, 0.4) is 0 Å². The van der Waals surface area contributed by atoms with Gasteiger partial charge in [-0.2, -0.15) is 0 Å². The monoisotopic (exact) mass is 293 g/mol. The molecule has 4 heteroatoms. The van der Waals surface area contributed by atoms with Gasteiger partial charge in [-0.05, 0) is 57.0 Å². The molecule has 0 fully saturated rings. The number of hydrogen-bond donors (Lipinski definition) is 1. The van der Waals surface area contributed by atoms with Gasteiger partial charge in [-0.25, -0.2) is 4.79 Å². The maximum atomic E-state index is 12.0. The summed E-state index contributed by atoms with van der Waals surface area (Å²) in [6.45, 7) is 10.6. The SMILES string of the molecule is CCOC(=O)C(C)(COc1ccc(C(C)C)c(C)c1)NC. The number of carbonyl (C=O) groups excluding carboxylic acids is 1. The van der Waals surface area contributed by atoms with E-state index < -0.39 is 5.54 Å². The van der Waals surface area contributed by atoms with Gasteiger partial charge in [-0.1, -0.05) is 19.9 Å². The first kappa shape index (κ1) is 17.5. The highest BCUT2D eigenvalue weighted by molar-refractivity contribution is 5.80. The Morgan fingerprint density at radius 2 is 2.05 bits per heavy atom. The van der Waals surface area contributed by atoms with E-state index in [0.717, 1.165) is 5.75 Å². The van der Waals surface area contributed by atoms with Crippen LogP contribution < -0.4 is 10.1 Å². The molecule has 0 aliphatic heterocycles. The zero-order valence-corrected chi connectivity index (χ0v) is 13.9. The highest BCUT2D eigenvalue weighted by Crippen LogP contribution is 2.24. The first-order valence-corrected chi connectivity index (χ1v) is 7.43. The van der Waals surface area contributed by atoms with E-state index in [4.69, 9.17) is 9.47 Å². The Hall–Kier alpha value is -1.55. The smallest absolute Gasteiger partial charge is 0.329 e. The number of nitrogens with one attached hydrogen (secondary N) is 1. The summed E-state index contributed by atoms with van der Waals surface area (Å²) < 4.78 is 10.9. The van der Waals surface area contributed by atoms with Crippen molar-refractivity contribution in [3.8, 4) is 5.75 Å². The molecule has 4 nitrogen and oxygen atoms in total. The third kappa shape index (κ3) is 4.46. The lowest BCUT2D eigenvalue weighted by atomic mass is 9.98. The van der Waals surface area contributed by atoms with Crippen molar-refractivity contribution in [2.75, 3.05) is 20.3 Å². The van der Waals surface area contributed by atoms with Crippen LogP contribution in [0.25, 0.3) is 0 Å². The van der Waals surface area contributed by atoms with Crippen molar-refractivity contribution >= 4 is 5.97 Å². The van der Waals surface area contributed by atoms with Gasteiger partial charge in [0.25, 0.3) is 0 Å². The lowest BCUT2D eigenvalue weighted by Crippen LogP contribution is -2.53. The fraction of sp³-hybridized carbons (Fsp3) is 0.588. The summed E-state index contributed by atoms with van der Waals surface area (Å²) in [5.74, 6) is 0.951. The van der Waals surface area contributed by atoms with Crippen LogP contribution in [0, 0.1) is 6.92 Å². The van der Waals surface area contributed by atoms with Crippen LogP contribution in [0.4, 0.5) is 0 Å². The van der Waals surface area contributed by atoms with Gasteiger partial charge in [0.1, 0.15) is 17.9 Å². The van der Waals surface area contributed by atoms with E-state index in [1.807, 2.05) is 12.1 Å². The summed E-state index contributed by atoms with van der Waals surface area (Å²) in [6.07, 6.45) is 0. The summed E-state index contributed by atoms with van der Waals surface area (Å²) in [5.41, 5.74) is 1.66. The van der Waals surface area contributed by atoms with Crippen molar-refractivity contribution in [1.82, 2.24) is 5.32 Å². The highest BCUT2D eigenvalue weighted by atomic mass is 16.5. The van der Waals surface area contributed by atoms with Gasteiger partial charge in [-0.3, -0.25) is 0 Å². The van der Waals surface area contributed by atoms with Crippen LogP contribution in [-0.4, -0.2) is 31.8 Å². The van der Waals surface area contributed by atoms with Crippen molar-refractivity contribution < 1.29 is 14.3 Å². The largest absolute Gasteiger partial charge is 0.491 e. The third-order valence-electron chi connectivity index (χ3n) is 3.67. The van der Waals surface area contributed by atoms with Gasteiger partial charge in [0.05, 0.1) is 6.61 Å². The third-order valence-corrected chi connectivity index (χ3v) is 3.67. The van der Waals surface area contributed by atoms with E-state index >= 15 is 0 Å². The molecule has 0 heterocycles. The molecule has 1 atom stereocenters. The van der Waals surface area contributed by atoms with Crippen molar-refractivity contribution in [2.24, 2.45) is 0 Å². The molecule has 0 bridgehead atoms. The predicted molar refractivity (Wildman–Crippen MR) is 84.9 cm³/mol. The van der Waals surface area contributed by atoms with E-state index in [1.165, 1.54) is 11.1 Å². The van der Waals surface area contributed by atoms with Crippen LogP contribution >= 0.6 is 0 Å². The fourth-order valence-electron chi connectivity index (χ4n) is 2.14. The van der Waals surface area contributed by atoms with E-state index in [0.29, 0.717) is 12.5 Å². The minimum atomic E-state index is -0.847. The van der Waals surface area contributed by atoms with Crippen molar-refractivity contribution in [3.63, 3.8) is 0 Å². The molecule has 0 saturated heterocycles. The first-order chi connectivity index (χ1) is 9.84. The van der Waals surface area contributed by atoms with Gasteiger partial charge < -0.3 is 14.8 Å². The molecule has 0 saturated carbocycles. The van der Waals surface area contributed by atoms with E-state index in [2.05, 4.69) is 32.2 Å². The molecule has 0 radical (unpaired) electrons. The Morgan fingerprint density at radius 1 is 1.38 bits per heavy atom. The average Bonchev–Trinajstić information content (AvgIpc) is 2.44. The standard InChI is InChI=1S/C17H27NO3/c1-7-20-16(19)17(5,18-6)11-21-14-8-9-15(12(2)3)13(4)10-14/h8-10,12,18H,7,11H2,1-6H3. The Labute approximate surface area is 127 Å². The van der Waals surface area contributed by atoms with Gasteiger partial charge in [0.15, 0.2) is 0 Å². The normalized spacial score (nSPS) is 13.9. The molecular weight excluding hydrogens is 266 g/mol. The Bertz CT molecular complexity index is 485. The fourth-order valence-corrected chi connectivity index (χ4v) is 2.14. The predicted octanol–water partition coefficient (Wildman–Crippen LogP) is 3.04. The lowest BCUT2D eigenvalue weighted by Gasteiger charge is -2.26. The Morgan fingerprint density at radius 3 is 2.52 bits per heavy atom. The molecule has 1 rings (SSSR count). The molecule has 0 aliphatic rings. The van der Waals surface area contributed by atoms with Crippen LogP contribution in [0.1, 0.15) is 44.7 Å². The second-order valence-electron chi connectivity index (χ2n) is 5.76. The number of likely N-dealkylation sites (N-methyl/N-ethyl adjacent to an activating group) is 1. The summed E-state index contributed by atoms with van der Waals surface area (Å²) in [4.78, 5) is 12.0. The van der Waals surface area contributed by atoms with Crippen LogP contribution in [-0.2, 0) is 9.53 Å². The molecule has 1 N–H and O–H groups in total. The lowest BCUT2D eigenvalue weighted by molar-refractivity contribution is -0.151. The van der Waals surface area contributed by atoms with Crippen molar-refractivity contribution in [2.45, 2.75) is 46.1 Å². The van der Waals surface area contributed by atoms with Crippen LogP contribution in [0.2, 0.25) is 0 Å². The number of aryl methyl sites for hydroxylation is 1. The average molecular weight is 293 g/mol. The molecule has 0 aliphatic carbocycles. The topological polar surface area (TPSA) is 47.6 Å². The first-order valence-electron chi connectivity index (χ1n) is 7.43. The number of benzene rings is 1. The molecule has 1 aromatic rings. The minimum absolute atomic E-state index is 0.225. The van der Waals surface area contributed by atoms with Crippen LogP contribution in [0.5, 0.6) is 5.75 Å². The van der Waals surface area contributed by atoms with Crippen molar-refractivity contribution in [3.05, 3.63) is 29.3 Å². The van der Waals surface area contributed by atoms with Gasteiger partial charge in [0, 0.05) is 0 Å². The number of rotatable bonds is 7. The molecule has 0 spiro atoms. The maximum absolute atomic E-state index is 12.0. The van der Waals surface area contributed by atoms with E-state index in [-0.39, 0.29) is 12.6 Å². The molecule has 0 aromatic heterocycles. The summed E-state index contributed by atoms with van der Waals surface area (Å²) in [5, 5.41) is 2.98. The van der Waals surface area contributed by atoms with Crippen LogP contribution in [0.15, 0.2) is 18.2 Å². The quantitative estimate of drug-likeness (QED) is 0.785.